The number of para-hydroxylation sites is 1. The van der Waals surface area contributed by atoms with E-state index in [2.05, 4.69) is 5.32 Å². The van der Waals surface area contributed by atoms with Gasteiger partial charge in [-0.1, -0.05) is 36.4 Å². The SMILES string of the molecule is CCOC(=O)C1CCC(n2nc(-c3ccc(CNC(=O)c4ccccc4OC)cc3)c(C(N)O)c2N)CC1. The predicted octanol–water partition coefficient (Wildman–Crippen LogP) is 3.31. The number of esters is 1. The minimum Gasteiger partial charge on any atom is -0.496 e. The van der Waals surface area contributed by atoms with Crippen molar-refractivity contribution in [1.82, 2.24) is 15.1 Å². The van der Waals surface area contributed by atoms with Crippen molar-refractivity contribution in [1.29, 1.82) is 0 Å². The number of nitrogen functional groups attached to an aromatic ring is 1. The molecule has 1 amide bonds. The van der Waals surface area contributed by atoms with E-state index in [4.69, 9.17) is 26.0 Å². The van der Waals surface area contributed by atoms with E-state index in [1.807, 2.05) is 30.3 Å². The minimum atomic E-state index is -1.30. The van der Waals surface area contributed by atoms with Crippen molar-refractivity contribution in [3.05, 3.63) is 65.2 Å². The first-order valence-corrected chi connectivity index (χ1v) is 12.8. The van der Waals surface area contributed by atoms with Gasteiger partial charge in [-0.3, -0.25) is 9.59 Å². The number of hydrogen-bond acceptors (Lipinski definition) is 8. The van der Waals surface area contributed by atoms with E-state index in [9.17, 15) is 14.7 Å². The molecule has 3 aromatic rings. The summed E-state index contributed by atoms with van der Waals surface area (Å²) in [6.07, 6.45) is 1.52. The van der Waals surface area contributed by atoms with Gasteiger partial charge < -0.3 is 31.4 Å². The van der Waals surface area contributed by atoms with Crippen molar-refractivity contribution < 1.29 is 24.2 Å². The summed E-state index contributed by atoms with van der Waals surface area (Å²) in [5.74, 6) is 0.332. The summed E-state index contributed by atoms with van der Waals surface area (Å²) in [6.45, 7) is 2.50. The molecule has 0 aliphatic heterocycles. The summed E-state index contributed by atoms with van der Waals surface area (Å²) >= 11 is 0. The lowest BCUT2D eigenvalue weighted by molar-refractivity contribution is -0.149. The Kier molecular flexibility index (Phi) is 8.65. The number of aliphatic hydroxyl groups excluding tert-OH is 1. The third-order valence-corrected chi connectivity index (χ3v) is 6.98. The molecule has 0 saturated heterocycles. The lowest BCUT2D eigenvalue weighted by Gasteiger charge is -2.28. The average Bonchev–Trinajstić information content (AvgIpc) is 3.29. The van der Waals surface area contributed by atoms with Crippen molar-refractivity contribution in [2.24, 2.45) is 11.7 Å². The fourth-order valence-electron chi connectivity index (χ4n) is 4.95. The first kappa shape index (κ1) is 27.2. The smallest absolute Gasteiger partial charge is 0.308 e. The van der Waals surface area contributed by atoms with Gasteiger partial charge in [0.1, 0.15) is 23.5 Å². The Balaban J connectivity index is 1.47. The number of carbonyl (C=O) groups excluding carboxylic acids is 2. The molecule has 1 fully saturated rings. The summed E-state index contributed by atoms with van der Waals surface area (Å²) < 4.78 is 12.2. The number of nitrogens with zero attached hydrogens (tertiary/aromatic N) is 2. The van der Waals surface area contributed by atoms with Crippen LogP contribution < -0.4 is 21.5 Å². The zero-order chi connectivity index (χ0) is 27.2. The highest BCUT2D eigenvalue weighted by Crippen LogP contribution is 2.38. The molecule has 38 heavy (non-hydrogen) atoms. The number of methoxy groups -OCH3 is 1. The molecule has 1 aromatic heterocycles. The van der Waals surface area contributed by atoms with Crippen molar-refractivity contribution >= 4 is 17.7 Å². The van der Waals surface area contributed by atoms with Crippen LogP contribution in [0.3, 0.4) is 0 Å². The zero-order valence-corrected chi connectivity index (χ0v) is 21.7. The molecule has 10 nitrogen and oxygen atoms in total. The van der Waals surface area contributed by atoms with Crippen LogP contribution in [0.4, 0.5) is 5.82 Å². The Hall–Kier alpha value is -3.89. The Bertz CT molecular complexity index is 1260. The van der Waals surface area contributed by atoms with Crippen molar-refractivity contribution in [3.63, 3.8) is 0 Å². The van der Waals surface area contributed by atoms with Gasteiger partial charge >= 0.3 is 5.97 Å². The normalized spacial score (nSPS) is 18.0. The summed E-state index contributed by atoms with van der Waals surface area (Å²) in [5, 5.41) is 18.0. The van der Waals surface area contributed by atoms with Crippen LogP contribution in [0.2, 0.25) is 0 Å². The summed E-state index contributed by atoms with van der Waals surface area (Å²) in [4.78, 5) is 24.7. The highest BCUT2D eigenvalue weighted by molar-refractivity contribution is 5.96. The van der Waals surface area contributed by atoms with Crippen LogP contribution in [-0.4, -0.2) is 40.5 Å². The first-order chi connectivity index (χ1) is 18.3. The van der Waals surface area contributed by atoms with E-state index < -0.39 is 6.23 Å². The third-order valence-electron chi connectivity index (χ3n) is 6.98. The number of nitrogens with one attached hydrogen (secondary N) is 1. The predicted molar refractivity (Wildman–Crippen MR) is 143 cm³/mol. The molecular formula is C28H35N5O5. The molecule has 0 radical (unpaired) electrons. The molecule has 0 spiro atoms. The van der Waals surface area contributed by atoms with Crippen molar-refractivity contribution in [2.75, 3.05) is 19.5 Å². The van der Waals surface area contributed by atoms with Crippen LogP contribution in [0.1, 0.15) is 66.4 Å². The number of ether oxygens (including phenoxy) is 2. The van der Waals surface area contributed by atoms with Gasteiger partial charge in [-0.05, 0) is 50.3 Å². The highest BCUT2D eigenvalue weighted by Gasteiger charge is 2.31. The van der Waals surface area contributed by atoms with Crippen LogP contribution in [-0.2, 0) is 16.1 Å². The van der Waals surface area contributed by atoms with Gasteiger partial charge in [-0.2, -0.15) is 5.10 Å². The second kappa shape index (κ2) is 12.1. The molecule has 202 valence electrons. The molecule has 1 heterocycles. The fourth-order valence-corrected chi connectivity index (χ4v) is 4.95. The maximum absolute atomic E-state index is 12.6. The van der Waals surface area contributed by atoms with Crippen LogP contribution in [0.25, 0.3) is 11.3 Å². The van der Waals surface area contributed by atoms with Gasteiger partial charge in [0.2, 0.25) is 0 Å². The molecule has 1 unspecified atom stereocenters. The average molecular weight is 522 g/mol. The van der Waals surface area contributed by atoms with Crippen molar-refractivity contribution in [3.8, 4) is 17.0 Å². The van der Waals surface area contributed by atoms with Crippen LogP contribution in [0, 0.1) is 5.92 Å². The highest BCUT2D eigenvalue weighted by atomic mass is 16.5. The summed E-state index contributed by atoms with van der Waals surface area (Å²) in [6, 6.07) is 14.5. The monoisotopic (exact) mass is 521 g/mol. The van der Waals surface area contributed by atoms with E-state index in [1.165, 1.54) is 7.11 Å². The number of nitrogens with two attached hydrogens (primary N) is 2. The van der Waals surface area contributed by atoms with E-state index in [0.29, 0.717) is 54.4 Å². The molecule has 1 aliphatic rings. The number of anilines is 1. The molecule has 6 N–H and O–H groups in total. The molecule has 4 rings (SSSR count). The Morgan fingerprint density at radius 1 is 1.13 bits per heavy atom. The standard InChI is InChI=1S/C28H35N5O5/c1-3-38-28(36)19-12-14-20(15-13-19)33-25(29)23(26(30)34)24(32-33)18-10-8-17(9-11-18)16-31-27(35)21-6-4-5-7-22(21)37-2/h4-11,19-20,26,34H,3,12-16,29-30H2,1-2H3,(H,31,35). The molecule has 10 heteroatoms. The largest absolute Gasteiger partial charge is 0.496 e. The van der Waals surface area contributed by atoms with Gasteiger partial charge in [0.25, 0.3) is 5.91 Å². The van der Waals surface area contributed by atoms with Gasteiger partial charge in [-0.25, -0.2) is 4.68 Å². The third kappa shape index (κ3) is 5.81. The number of amides is 1. The number of benzene rings is 2. The Morgan fingerprint density at radius 3 is 2.45 bits per heavy atom. The number of hydrogen-bond donors (Lipinski definition) is 4. The Labute approximate surface area is 221 Å². The topological polar surface area (TPSA) is 155 Å². The number of aromatic nitrogens is 2. The van der Waals surface area contributed by atoms with E-state index in [0.717, 1.165) is 24.0 Å². The van der Waals surface area contributed by atoms with E-state index in [1.54, 1.807) is 29.8 Å². The van der Waals surface area contributed by atoms with Gasteiger partial charge in [0, 0.05) is 12.1 Å². The summed E-state index contributed by atoms with van der Waals surface area (Å²) in [5.41, 5.74) is 15.3. The lowest BCUT2D eigenvalue weighted by atomic mass is 9.86. The second-order valence-corrected chi connectivity index (χ2v) is 9.37. The maximum atomic E-state index is 12.6. The number of carbonyl (C=O) groups is 2. The van der Waals surface area contributed by atoms with Crippen LogP contribution in [0.15, 0.2) is 48.5 Å². The van der Waals surface area contributed by atoms with Gasteiger partial charge in [-0.15, -0.1) is 0 Å². The van der Waals surface area contributed by atoms with E-state index in [-0.39, 0.29) is 23.8 Å². The van der Waals surface area contributed by atoms with E-state index >= 15 is 0 Å². The number of aliphatic hydroxyl groups is 1. The molecular weight excluding hydrogens is 486 g/mol. The fraction of sp³-hybridized carbons (Fsp3) is 0.393. The molecule has 2 aromatic carbocycles. The first-order valence-electron chi connectivity index (χ1n) is 12.8. The maximum Gasteiger partial charge on any atom is 0.308 e. The van der Waals surface area contributed by atoms with Crippen LogP contribution in [0.5, 0.6) is 5.75 Å². The van der Waals surface area contributed by atoms with Gasteiger partial charge in [0.05, 0.1) is 36.8 Å². The zero-order valence-electron chi connectivity index (χ0n) is 21.7. The molecule has 0 bridgehead atoms. The van der Waals surface area contributed by atoms with Crippen LogP contribution >= 0.6 is 0 Å². The molecule has 1 saturated carbocycles. The summed E-state index contributed by atoms with van der Waals surface area (Å²) in [7, 11) is 1.53. The second-order valence-electron chi connectivity index (χ2n) is 9.37. The number of rotatable bonds is 9. The molecule has 1 aliphatic carbocycles. The Morgan fingerprint density at radius 2 is 1.82 bits per heavy atom. The minimum absolute atomic E-state index is 0.00334. The van der Waals surface area contributed by atoms with Crippen molar-refractivity contribution in [2.45, 2.75) is 51.4 Å². The van der Waals surface area contributed by atoms with Gasteiger partial charge in [0.15, 0.2) is 0 Å². The lowest BCUT2D eigenvalue weighted by Crippen LogP contribution is -2.26. The quantitative estimate of drug-likeness (QED) is 0.247. The molecule has 1 atom stereocenters.